The van der Waals surface area contributed by atoms with Crippen molar-refractivity contribution in [3.8, 4) is 0 Å². The molecule has 0 atom stereocenters. The summed E-state index contributed by atoms with van der Waals surface area (Å²) in [6.45, 7) is 4.80. The van der Waals surface area contributed by atoms with Gasteiger partial charge in [-0.25, -0.2) is 0 Å². The summed E-state index contributed by atoms with van der Waals surface area (Å²) in [4.78, 5) is 14.5. The van der Waals surface area contributed by atoms with E-state index in [1.54, 1.807) is 11.9 Å². The van der Waals surface area contributed by atoms with Gasteiger partial charge in [0.1, 0.15) is 11.3 Å². The third-order valence-electron chi connectivity index (χ3n) is 5.14. The van der Waals surface area contributed by atoms with Gasteiger partial charge in [0.25, 0.3) is 5.91 Å². The summed E-state index contributed by atoms with van der Waals surface area (Å²) in [6, 6.07) is 5.86. The van der Waals surface area contributed by atoms with Crippen LogP contribution in [0.1, 0.15) is 29.5 Å². The van der Waals surface area contributed by atoms with Gasteiger partial charge in [0.15, 0.2) is 0 Å². The fraction of sp³-hybridized carbons (Fsp3) is 0.471. The van der Waals surface area contributed by atoms with E-state index in [0.717, 1.165) is 16.7 Å². The molecule has 118 valence electrons. The number of benzene rings is 1. The molecule has 1 spiro atoms. The van der Waals surface area contributed by atoms with Gasteiger partial charge in [0, 0.05) is 20.1 Å². The SMILES string of the molecule is Cc1cccc(C)c1C1=C(O)C2(CCN(O)CC2)N(C)C1=O. The Balaban J connectivity index is 2.15. The minimum Gasteiger partial charge on any atom is -0.509 e. The lowest BCUT2D eigenvalue weighted by atomic mass is 9.84. The van der Waals surface area contributed by atoms with E-state index < -0.39 is 5.54 Å². The Bertz CT molecular complexity index is 638. The number of carbonyl (C=O) groups is 1. The van der Waals surface area contributed by atoms with Crippen LogP contribution in [0.3, 0.4) is 0 Å². The Labute approximate surface area is 130 Å². The molecular formula is C17H22N2O3. The minimum atomic E-state index is -0.680. The van der Waals surface area contributed by atoms with E-state index in [-0.39, 0.29) is 11.7 Å². The molecule has 0 radical (unpaired) electrons. The summed E-state index contributed by atoms with van der Waals surface area (Å²) in [5.74, 6) is 0.0202. The molecule has 22 heavy (non-hydrogen) atoms. The molecule has 1 aromatic rings. The standard InChI is InChI=1S/C17H22N2O3/c1-11-5-4-6-12(2)13(11)14-15(20)17(18(3)16(14)21)7-9-19(22)10-8-17/h4-6,20,22H,7-10H2,1-3H3. The van der Waals surface area contributed by atoms with E-state index in [1.165, 1.54) is 5.06 Å². The van der Waals surface area contributed by atoms with Crippen molar-refractivity contribution < 1.29 is 15.1 Å². The first-order valence-electron chi connectivity index (χ1n) is 7.61. The molecule has 2 aliphatic rings. The zero-order valence-corrected chi connectivity index (χ0v) is 13.3. The number of aliphatic hydroxyl groups is 1. The molecule has 0 unspecified atom stereocenters. The van der Waals surface area contributed by atoms with E-state index in [2.05, 4.69) is 0 Å². The highest BCUT2D eigenvalue weighted by molar-refractivity contribution is 6.23. The minimum absolute atomic E-state index is 0.138. The maximum absolute atomic E-state index is 12.8. The molecule has 5 heteroatoms. The van der Waals surface area contributed by atoms with Crippen molar-refractivity contribution in [2.24, 2.45) is 0 Å². The molecule has 1 fully saturated rings. The van der Waals surface area contributed by atoms with E-state index in [4.69, 9.17) is 0 Å². The van der Waals surface area contributed by atoms with Crippen molar-refractivity contribution in [2.75, 3.05) is 20.1 Å². The molecule has 2 aliphatic heterocycles. The fourth-order valence-electron chi connectivity index (χ4n) is 3.73. The fourth-order valence-corrected chi connectivity index (χ4v) is 3.73. The van der Waals surface area contributed by atoms with Crippen molar-refractivity contribution in [2.45, 2.75) is 32.2 Å². The van der Waals surface area contributed by atoms with Gasteiger partial charge in [-0.3, -0.25) is 4.79 Å². The lowest BCUT2D eigenvalue weighted by Crippen LogP contribution is -2.53. The Morgan fingerprint density at radius 1 is 1.14 bits per heavy atom. The summed E-state index contributed by atoms with van der Waals surface area (Å²) in [5, 5.41) is 21.7. The van der Waals surface area contributed by atoms with Crippen LogP contribution in [0.25, 0.3) is 5.57 Å². The molecule has 1 saturated heterocycles. The van der Waals surface area contributed by atoms with Crippen molar-refractivity contribution in [1.82, 2.24) is 9.96 Å². The van der Waals surface area contributed by atoms with Gasteiger partial charge in [0.05, 0.1) is 5.57 Å². The number of amides is 1. The first kappa shape index (κ1) is 15.1. The third kappa shape index (κ3) is 1.96. The van der Waals surface area contributed by atoms with Crippen LogP contribution in [-0.2, 0) is 4.79 Å². The average molecular weight is 302 g/mol. The molecule has 3 rings (SSSR count). The second kappa shape index (κ2) is 5.11. The Morgan fingerprint density at radius 3 is 2.23 bits per heavy atom. The second-order valence-corrected chi connectivity index (χ2v) is 6.34. The molecular weight excluding hydrogens is 280 g/mol. The summed E-state index contributed by atoms with van der Waals surface area (Å²) < 4.78 is 0. The van der Waals surface area contributed by atoms with E-state index >= 15 is 0 Å². The quantitative estimate of drug-likeness (QED) is 0.835. The van der Waals surface area contributed by atoms with Gasteiger partial charge >= 0.3 is 0 Å². The van der Waals surface area contributed by atoms with Crippen LogP contribution in [0.4, 0.5) is 0 Å². The molecule has 5 nitrogen and oxygen atoms in total. The van der Waals surface area contributed by atoms with Crippen molar-refractivity contribution in [1.29, 1.82) is 0 Å². The van der Waals surface area contributed by atoms with Gasteiger partial charge in [-0.2, -0.15) is 5.06 Å². The molecule has 0 aromatic heterocycles. The van der Waals surface area contributed by atoms with E-state index in [1.807, 2.05) is 32.0 Å². The van der Waals surface area contributed by atoms with Crippen LogP contribution in [0.5, 0.6) is 0 Å². The summed E-state index contributed by atoms with van der Waals surface area (Å²) >= 11 is 0. The first-order valence-corrected chi connectivity index (χ1v) is 7.61. The highest BCUT2D eigenvalue weighted by Crippen LogP contribution is 2.45. The van der Waals surface area contributed by atoms with Crippen LogP contribution in [0.15, 0.2) is 24.0 Å². The number of hydroxylamine groups is 2. The van der Waals surface area contributed by atoms with Gasteiger partial charge < -0.3 is 15.2 Å². The summed E-state index contributed by atoms with van der Waals surface area (Å²) in [5.41, 5.74) is 2.55. The van der Waals surface area contributed by atoms with Crippen LogP contribution in [-0.4, -0.2) is 51.9 Å². The molecule has 2 N–H and O–H groups in total. The number of carbonyl (C=O) groups excluding carboxylic acids is 1. The van der Waals surface area contributed by atoms with Crippen LogP contribution in [0, 0.1) is 13.8 Å². The maximum Gasteiger partial charge on any atom is 0.258 e. The predicted molar refractivity (Wildman–Crippen MR) is 83.6 cm³/mol. The predicted octanol–water partition coefficient (Wildman–Crippen LogP) is 2.27. The number of piperidine rings is 1. The number of rotatable bonds is 1. The number of hydrogen-bond acceptors (Lipinski definition) is 4. The molecule has 0 bridgehead atoms. The van der Waals surface area contributed by atoms with Crippen LogP contribution >= 0.6 is 0 Å². The van der Waals surface area contributed by atoms with Gasteiger partial charge in [0.2, 0.25) is 0 Å². The number of aryl methyl sites for hydroxylation is 2. The highest BCUT2D eigenvalue weighted by atomic mass is 16.5. The number of aliphatic hydroxyl groups excluding tert-OH is 1. The van der Waals surface area contributed by atoms with Gasteiger partial charge in [-0.05, 0) is 43.4 Å². The largest absolute Gasteiger partial charge is 0.509 e. The van der Waals surface area contributed by atoms with Crippen molar-refractivity contribution in [3.05, 3.63) is 40.6 Å². The number of hydrogen-bond donors (Lipinski definition) is 2. The Hall–Kier alpha value is -1.85. The smallest absolute Gasteiger partial charge is 0.258 e. The van der Waals surface area contributed by atoms with E-state index in [9.17, 15) is 15.1 Å². The zero-order valence-electron chi connectivity index (χ0n) is 13.3. The topological polar surface area (TPSA) is 64.0 Å². The molecule has 1 amide bonds. The maximum atomic E-state index is 12.8. The van der Waals surface area contributed by atoms with Crippen molar-refractivity contribution >= 4 is 11.5 Å². The summed E-state index contributed by atoms with van der Waals surface area (Å²) in [7, 11) is 1.74. The summed E-state index contributed by atoms with van der Waals surface area (Å²) in [6.07, 6.45) is 1.07. The lowest BCUT2D eigenvalue weighted by molar-refractivity contribution is -0.141. The van der Waals surface area contributed by atoms with Gasteiger partial charge in [-0.15, -0.1) is 0 Å². The Morgan fingerprint density at radius 2 is 1.68 bits per heavy atom. The zero-order chi connectivity index (χ0) is 16.1. The number of likely N-dealkylation sites (N-methyl/N-ethyl adjacent to an activating group) is 1. The second-order valence-electron chi connectivity index (χ2n) is 6.34. The van der Waals surface area contributed by atoms with Crippen LogP contribution in [0.2, 0.25) is 0 Å². The molecule has 0 saturated carbocycles. The number of nitrogens with zero attached hydrogens (tertiary/aromatic N) is 2. The van der Waals surface area contributed by atoms with Crippen LogP contribution < -0.4 is 0 Å². The highest BCUT2D eigenvalue weighted by Gasteiger charge is 2.52. The lowest BCUT2D eigenvalue weighted by Gasteiger charge is -2.41. The normalized spacial score (nSPS) is 22.0. The first-order chi connectivity index (χ1) is 10.4. The average Bonchev–Trinajstić information content (AvgIpc) is 2.66. The molecule has 1 aromatic carbocycles. The monoisotopic (exact) mass is 302 g/mol. The molecule has 2 heterocycles. The van der Waals surface area contributed by atoms with Gasteiger partial charge in [-0.1, -0.05) is 18.2 Å². The molecule has 0 aliphatic carbocycles. The van der Waals surface area contributed by atoms with Crippen molar-refractivity contribution in [3.63, 3.8) is 0 Å². The Kier molecular flexibility index (Phi) is 3.50. The third-order valence-corrected chi connectivity index (χ3v) is 5.14. The van der Waals surface area contributed by atoms with E-state index in [0.29, 0.717) is 31.5 Å².